The maximum atomic E-state index is 12.8. The number of carbonyl (C=O) groups excluding carboxylic acids is 3. The molecule has 0 aliphatic heterocycles. The molecule has 0 saturated heterocycles. The molecule has 0 aliphatic carbocycles. The summed E-state index contributed by atoms with van der Waals surface area (Å²) in [5, 5.41) is 0. The largest absolute Gasteiger partial charge is 0.462 e. The lowest BCUT2D eigenvalue weighted by atomic mass is 10.1. The summed E-state index contributed by atoms with van der Waals surface area (Å²) in [6, 6.07) is 0. The van der Waals surface area contributed by atoms with E-state index in [9.17, 15) is 14.4 Å². The lowest BCUT2D eigenvalue weighted by Gasteiger charge is -2.18. The van der Waals surface area contributed by atoms with Crippen molar-refractivity contribution in [2.45, 2.75) is 277 Å². The number of carbonyl (C=O) groups is 3. The standard InChI is InChI=1S/C58H102O6/c1-4-7-10-13-16-19-22-24-26-27-28-29-30-31-33-34-36-39-42-45-48-51-57(60)63-54-55(53-62-56(59)50-47-44-41-38-21-18-15-12-9-6-3)64-58(61)52-49-46-43-40-37-35-32-25-23-20-17-14-11-8-5-2/h17,20,22,24-25,27-28,30-32,55H,4-16,18-19,21,23,26,29,33-54H2,1-3H3/b20-17-,24-22-,28-27-,31-30-,32-25-. The molecule has 64 heavy (non-hydrogen) atoms. The number of rotatable bonds is 49. The van der Waals surface area contributed by atoms with Crippen LogP contribution in [-0.2, 0) is 28.6 Å². The zero-order chi connectivity index (χ0) is 46.5. The molecule has 0 amide bonds. The highest BCUT2D eigenvalue weighted by atomic mass is 16.6. The SMILES string of the molecule is CCCCC/C=C\C/C=C\CCCCCCCC(=O)OC(COC(=O)CCCCCCCC/C=C\C/C=C\C/C=C\CCCCCCC)COC(=O)CCCCCCCCCCCC. The van der Waals surface area contributed by atoms with Gasteiger partial charge < -0.3 is 14.2 Å². The lowest BCUT2D eigenvalue weighted by molar-refractivity contribution is -0.167. The van der Waals surface area contributed by atoms with Crippen molar-refractivity contribution in [2.75, 3.05) is 13.2 Å². The number of esters is 3. The Hall–Kier alpha value is -2.89. The zero-order valence-corrected chi connectivity index (χ0v) is 42.3. The fourth-order valence-electron chi connectivity index (χ4n) is 7.60. The van der Waals surface area contributed by atoms with Crippen LogP contribution in [0, 0.1) is 0 Å². The van der Waals surface area contributed by atoms with Crippen molar-refractivity contribution in [3.8, 4) is 0 Å². The third-order valence-electron chi connectivity index (χ3n) is 11.7. The van der Waals surface area contributed by atoms with Gasteiger partial charge in [0.2, 0.25) is 0 Å². The Morgan fingerprint density at radius 1 is 0.312 bits per heavy atom. The first-order valence-corrected chi connectivity index (χ1v) is 27.3. The second kappa shape index (κ2) is 52.7. The molecule has 6 nitrogen and oxygen atoms in total. The van der Waals surface area contributed by atoms with E-state index in [1.165, 1.54) is 128 Å². The summed E-state index contributed by atoms with van der Waals surface area (Å²) in [6.07, 6.45) is 64.9. The molecule has 1 atom stereocenters. The molecule has 0 aromatic rings. The van der Waals surface area contributed by atoms with Crippen LogP contribution in [-0.4, -0.2) is 37.2 Å². The third kappa shape index (κ3) is 50.1. The predicted molar refractivity (Wildman–Crippen MR) is 275 cm³/mol. The highest BCUT2D eigenvalue weighted by molar-refractivity contribution is 5.71. The first kappa shape index (κ1) is 61.1. The highest BCUT2D eigenvalue weighted by Crippen LogP contribution is 2.14. The van der Waals surface area contributed by atoms with Crippen LogP contribution in [0.25, 0.3) is 0 Å². The van der Waals surface area contributed by atoms with E-state index in [4.69, 9.17) is 14.2 Å². The van der Waals surface area contributed by atoms with Gasteiger partial charge in [0.25, 0.3) is 0 Å². The minimum atomic E-state index is -0.784. The van der Waals surface area contributed by atoms with Gasteiger partial charge in [0.15, 0.2) is 6.10 Å². The van der Waals surface area contributed by atoms with Crippen molar-refractivity contribution in [1.29, 1.82) is 0 Å². The van der Waals surface area contributed by atoms with Crippen LogP contribution < -0.4 is 0 Å². The third-order valence-corrected chi connectivity index (χ3v) is 11.7. The van der Waals surface area contributed by atoms with Crippen LogP contribution in [0.3, 0.4) is 0 Å². The first-order valence-electron chi connectivity index (χ1n) is 27.3. The van der Waals surface area contributed by atoms with Crippen LogP contribution in [0.1, 0.15) is 271 Å². The zero-order valence-electron chi connectivity index (χ0n) is 42.3. The van der Waals surface area contributed by atoms with E-state index in [2.05, 4.69) is 81.5 Å². The molecular weight excluding hydrogens is 793 g/mol. The quantitative estimate of drug-likeness (QED) is 0.0262. The lowest BCUT2D eigenvalue weighted by Crippen LogP contribution is -2.30. The van der Waals surface area contributed by atoms with Crippen molar-refractivity contribution >= 4 is 17.9 Å². The maximum Gasteiger partial charge on any atom is 0.306 e. The molecule has 0 aromatic carbocycles. The van der Waals surface area contributed by atoms with Crippen LogP contribution in [0.2, 0.25) is 0 Å². The summed E-state index contributed by atoms with van der Waals surface area (Å²) in [5.41, 5.74) is 0. The van der Waals surface area contributed by atoms with E-state index < -0.39 is 6.10 Å². The Morgan fingerprint density at radius 2 is 0.562 bits per heavy atom. The van der Waals surface area contributed by atoms with Gasteiger partial charge in [-0.05, 0) is 89.9 Å². The molecule has 370 valence electrons. The highest BCUT2D eigenvalue weighted by Gasteiger charge is 2.19. The number of unbranched alkanes of at least 4 members (excludes halogenated alkanes) is 28. The van der Waals surface area contributed by atoms with Gasteiger partial charge in [-0.3, -0.25) is 14.4 Å². The second-order valence-electron chi connectivity index (χ2n) is 18.1. The van der Waals surface area contributed by atoms with Crippen molar-refractivity contribution in [2.24, 2.45) is 0 Å². The van der Waals surface area contributed by atoms with E-state index >= 15 is 0 Å². The Morgan fingerprint density at radius 3 is 0.906 bits per heavy atom. The number of hydrogen-bond acceptors (Lipinski definition) is 6. The summed E-state index contributed by atoms with van der Waals surface area (Å²) in [4.78, 5) is 38.0. The van der Waals surface area contributed by atoms with Gasteiger partial charge in [0.05, 0.1) is 0 Å². The van der Waals surface area contributed by atoms with Crippen molar-refractivity contribution in [3.63, 3.8) is 0 Å². The molecule has 0 saturated carbocycles. The smallest absolute Gasteiger partial charge is 0.306 e. The average Bonchev–Trinajstić information content (AvgIpc) is 3.29. The van der Waals surface area contributed by atoms with E-state index in [1.807, 2.05) is 0 Å². The monoisotopic (exact) mass is 895 g/mol. The molecule has 0 rings (SSSR count). The first-order chi connectivity index (χ1) is 31.5. The Bertz CT molecular complexity index is 1170. The fraction of sp³-hybridized carbons (Fsp3) is 0.776. The van der Waals surface area contributed by atoms with Crippen LogP contribution in [0.15, 0.2) is 60.8 Å². The second-order valence-corrected chi connectivity index (χ2v) is 18.1. The van der Waals surface area contributed by atoms with Crippen molar-refractivity contribution in [3.05, 3.63) is 60.8 Å². The van der Waals surface area contributed by atoms with Gasteiger partial charge in [0, 0.05) is 19.3 Å². The normalized spacial score (nSPS) is 12.5. The van der Waals surface area contributed by atoms with Crippen molar-refractivity contribution in [1.82, 2.24) is 0 Å². The van der Waals surface area contributed by atoms with E-state index in [-0.39, 0.29) is 31.1 Å². The number of ether oxygens (including phenoxy) is 3. The molecule has 0 aromatic heterocycles. The van der Waals surface area contributed by atoms with Crippen LogP contribution >= 0.6 is 0 Å². The van der Waals surface area contributed by atoms with Crippen molar-refractivity contribution < 1.29 is 28.6 Å². The number of hydrogen-bond donors (Lipinski definition) is 0. The van der Waals surface area contributed by atoms with Gasteiger partial charge in [-0.15, -0.1) is 0 Å². The van der Waals surface area contributed by atoms with E-state index in [0.717, 1.165) is 103 Å². The Kier molecular flexibility index (Phi) is 50.4. The van der Waals surface area contributed by atoms with Crippen LogP contribution in [0.5, 0.6) is 0 Å². The van der Waals surface area contributed by atoms with E-state index in [1.54, 1.807) is 0 Å². The van der Waals surface area contributed by atoms with Gasteiger partial charge in [-0.25, -0.2) is 0 Å². The minimum absolute atomic E-state index is 0.0827. The summed E-state index contributed by atoms with van der Waals surface area (Å²) in [7, 11) is 0. The molecule has 6 heteroatoms. The molecule has 0 N–H and O–H groups in total. The maximum absolute atomic E-state index is 12.8. The van der Waals surface area contributed by atoms with Gasteiger partial charge in [0.1, 0.15) is 13.2 Å². The Balaban J connectivity index is 4.35. The summed E-state index contributed by atoms with van der Waals surface area (Å²) < 4.78 is 16.8. The minimum Gasteiger partial charge on any atom is -0.462 e. The Labute approximate surface area is 396 Å². The van der Waals surface area contributed by atoms with Gasteiger partial charge >= 0.3 is 17.9 Å². The topological polar surface area (TPSA) is 78.9 Å². The molecule has 0 radical (unpaired) electrons. The summed E-state index contributed by atoms with van der Waals surface area (Å²) in [6.45, 7) is 6.58. The number of allylic oxidation sites excluding steroid dienone is 10. The van der Waals surface area contributed by atoms with Gasteiger partial charge in [-0.2, -0.15) is 0 Å². The van der Waals surface area contributed by atoms with Gasteiger partial charge in [-0.1, -0.05) is 223 Å². The molecule has 0 spiro atoms. The predicted octanol–water partition coefficient (Wildman–Crippen LogP) is 18.0. The van der Waals surface area contributed by atoms with E-state index in [0.29, 0.717) is 19.3 Å². The fourth-order valence-corrected chi connectivity index (χ4v) is 7.60. The molecular formula is C58H102O6. The molecule has 0 aliphatic rings. The average molecular weight is 895 g/mol. The summed E-state index contributed by atoms with van der Waals surface area (Å²) in [5.74, 6) is -0.905. The summed E-state index contributed by atoms with van der Waals surface area (Å²) >= 11 is 0. The molecule has 0 heterocycles. The van der Waals surface area contributed by atoms with Crippen LogP contribution in [0.4, 0.5) is 0 Å². The molecule has 1 unspecified atom stereocenters. The molecule has 0 fully saturated rings. The molecule has 0 bridgehead atoms.